The lowest BCUT2D eigenvalue weighted by molar-refractivity contribution is -0.136. The molecule has 67 heavy (non-hydrogen) atoms. The Hall–Kier alpha value is -6.65. The normalized spacial score (nSPS) is 15.9. The number of hydrogen-bond donors (Lipinski definition) is 3. The van der Waals surface area contributed by atoms with Crippen molar-refractivity contribution in [3.8, 4) is 5.75 Å². The van der Waals surface area contributed by atoms with Crippen molar-refractivity contribution in [3.05, 3.63) is 111 Å². The van der Waals surface area contributed by atoms with Gasteiger partial charge in [-0.05, 0) is 66.6 Å². The number of aryl methyl sites for hydroxylation is 2. The van der Waals surface area contributed by atoms with E-state index in [2.05, 4.69) is 55.1 Å². The predicted molar refractivity (Wildman–Crippen MR) is 245 cm³/mol. The van der Waals surface area contributed by atoms with E-state index in [0.717, 1.165) is 38.1 Å². The van der Waals surface area contributed by atoms with Crippen LogP contribution in [-0.2, 0) is 62.9 Å². The summed E-state index contributed by atoms with van der Waals surface area (Å²) >= 11 is 3.08. The highest BCUT2D eigenvalue weighted by molar-refractivity contribution is 7.22. The largest absolute Gasteiger partial charge is 0.490 e. The number of hydrogen-bond acceptors (Lipinski definition) is 17. The quantitative estimate of drug-likeness (QED) is 0.0608. The van der Waals surface area contributed by atoms with Crippen LogP contribution in [0.15, 0.2) is 66.9 Å². The lowest BCUT2D eigenvalue weighted by Crippen LogP contribution is -2.54. The molecule has 3 aromatic carbocycles. The molecule has 6 heterocycles. The highest BCUT2D eigenvalue weighted by atomic mass is 32.1. The minimum Gasteiger partial charge on any atom is -0.490 e. The number of nitrogens with one attached hydrogen (secondary N) is 2. The van der Waals surface area contributed by atoms with Crippen LogP contribution in [0.2, 0.25) is 0 Å². The zero-order valence-corrected chi connectivity index (χ0v) is 37.9. The first kappa shape index (κ1) is 45.5. The molecule has 21 heteroatoms. The number of carboxylic acids is 1. The van der Waals surface area contributed by atoms with E-state index < -0.39 is 35.6 Å². The molecule has 1 unspecified atom stereocenters. The van der Waals surface area contributed by atoms with E-state index >= 15 is 0 Å². The molecule has 3 aromatic heterocycles. The Morgan fingerprint density at radius 1 is 0.881 bits per heavy atom. The maximum absolute atomic E-state index is 13.2. The second-order valence-corrected chi connectivity index (χ2v) is 18.1. The Labute approximate surface area is 392 Å². The molecule has 3 aliphatic rings. The molecule has 4 amide bonds. The fourth-order valence-electron chi connectivity index (χ4n) is 8.26. The molecule has 19 nitrogen and oxygen atoms in total. The minimum atomic E-state index is -1.06. The first-order chi connectivity index (χ1) is 32.7. The average Bonchev–Trinajstić information content (AvgIpc) is 4.13. The fourth-order valence-corrected chi connectivity index (χ4v) is 10.2. The molecule has 9 rings (SSSR count). The first-order valence-corrected chi connectivity index (χ1v) is 23.6. The molecule has 348 valence electrons. The van der Waals surface area contributed by atoms with Gasteiger partial charge in [0.1, 0.15) is 24.1 Å². The molecule has 0 bridgehead atoms. The number of thiazole rings is 2. The highest BCUT2D eigenvalue weighted by Gasteiger charge is 2.46. The van der Waals surface area contributed by atoms with Gasteiger partial charge in [-0.2, -0.15) is 0 Å². The number of nitrogens with zero attached hydrogens (tertiary/aromatic N) is 7. The Morgan fingerprint density at radius 3 is 2.51 bits per heavy atom. The van der Waals surface area contributed by atoms with E-state index in [1.165, 1.54) is 34.1 Å². The Morgan fingerprint density at radius 2 is 1.69 bits per heavy atom. The van der Waals surface area contributed by atoms with Gasteiger partial charge in [-0.3, -0.25) is 34.1 Å². The van der Waals surface area contributed by atoms with Crippen LogP contribution in [0.25, 0.3) is 10.2 Å². The predicted octanol–water partition coefficient (Wildman–Crippen LogP) is 4.88. The number of anilines is 2. The van der Waals surface area contributed by atoms with Crippen molar-refractivity contribution in [1.29, 1.82) is 0 Å². The number of rotatable bonds is 22. The minimum absolute atomic E-state index is 0.0376. The molecule has 0 saturated carbocycles. The fraction of sp³-hybridized carbons (Fsp3) is 0.370. The van der Waals surface area contributed by atoms with E-state index in [9.17, 15) is 29.1 Å². The summed E-state index contributed by atoms with van der Waals surface area (Å²) in [5.41, 5.74) is 5.68. The van der Waals surface area contributed by atoms with Crippen LogP contribution in [0.5, 0.6) is 5.75 Å². The summed E-state index contributed by atoms with van der Waals surface area (Å²) in [5, 5.41) is 25.8. The molecular formula is C46H47N9O10S2. The van der Waals surface area contributed by atoms with Crippen LogP contribution in [0.1, 0.15) is 77.7 Å². The van der Waals surface area contributed by atoms with Crippen molar-refractivity contribution in [2.45, 2.75) is 64.4 Å². The Kier molecular flexibility index (Phi) is 14.2. The monoisotopic (exact) mass is 949 g/mol. The molecule has 1 saturated heterocycles. The first-order valence-electron chi connectivity index (χ1n) is 22.0. The van der Waals surface area contributed by atoms with Gasteiger partial charge in [0, 0.05) is 37.5 Å². The summed E-state index contributed by atoms with van der Waals surface area (Å²) in [5.74, 6) is -3.17. The second kappa shape index (κ2) is 20.9. The van der Waals surface area contributed by atoms with Gasteiger partial charge in [0.25, 0.3) is 11.8 Å². The maximum atomic E-state index is 13.2. The number of imide groups is 2. The molecule has 0 spiro atoms. The number of amides is 4. The molecule has 1 atom stereocenters. The number of aromatic carboxylic acids is 1. The molecule has 3 N–H and O–H groups in total. The Balaban J connectivity index is 0.657. The van der Waals surface area contributed by atoms with Gasteiger partial charge in [0.05, 0.1) is 67.2 Å². The number of fused-ring (bicyclic) bond motifs is 3. The summed E-state index contributed by atoms with van der Waals surface area (Å²) in [4.78, 5) is 75.6. The van der Waals surface area contributed by atoms with Crippen LogP contribution in [0, 0.1) is 0 Å². The van der Waals surface area contributed by atoms with E-state index in [4.69, 9.17) is 23.9 Å². The topological polar surface area (TPSA) is 230 Å². The van der Waals surface area contributed by atoms with Crippen LogP contribution in [0.3, 0.4) is 0 Å². The average molecular weight is 950 g/mol. The van der Waals surface area contributed by atoms with Gasteiger partial charge in [-0.25, -0.2) is 14.8 Å². The molecular weight excluding hydrogens is 903 g/mol. The summed E-state index contributed by atoms with van der Waals surface area (Å²) in [6, 6.07) is 18.1. The number of carbonyl (C=O) groups is 5. The van der Waals surface area contributed by atoms with Crippen molar-refractivity contribution < 1.29 is 48.0 Å². The SMILES string of the molecule is O=C1CCC(N2C(=O)c3cccc(OCCOCCOCCOCc4cn(CCCc5sc(N6CCc7cccc(CNc8nc9ccccc9s8)c7C6)nc5C(=O)O)nn4)c3C2=O)C(=O)N1. The number of ether oxygens (including phenoxy) is 4. The van der Waals surface area contributed by atoms with Gasteiger partial charge >= 0.3 is 5.97 Å². The number of carboxylic acid groups (broad SMARTS) is 1. The van der Waals surface area contributed by atoms with Gasteiger partial charge in [0.2, 0.25) is 11.8 Å². The second-order valence-electron chi connectivity index (χ2n) is 16.0. The van der Waals surface area contributed by atoms with Crippen molar-refractivity contribution in [3.63, 3.8) is 0 Å². The van der Waals surface area contributed by atoms with Crippen LogP contribution >= 0.6 is 22.7 Å². The Bertz CT molecular complexity index is 2780. The number of carbonyl (C=O) groups excluding carboxylic acids is 4. The number of benzene rings is 3. The van der Waals surface area contributed by atoms with Crippen molar-refractivity contribution >= 4 is 72.8 Å². The molecule has 1 fully saturated rings. The zero-order chi connectivity index (χ0) is 46.3. The standard InChI is InChI=1S/C46H47N9O10S2/c56-38-14-13-34(41(57)49-38)55-42(58)31-8-4-10-35(39(31)43(55)59)65-23-22-63-19-18-62-20-21-64-27-30-25-54(52-51-30)16-5-12-37-40(44(60)61)50-46(67-37)53-17-15-28-6-3-7-29(32(28)26-53)24-47-45-48-33-9-1-2-11-36(33)66-45/h1-4,6-11,25,34H,5,12-24,26-27H2,(H,47,48)(H,60,61)(H,49,56,57). The molecule has 6 aromatic rings. The van der Waals surface area contributed by atoms with Gasteiger partial charge in [-0.15, -0.1) is 16.4 Å². The summed E-state index contributed by atoms with van der Waals surface area (Å²) in [6.45, 7) is 4.41. The smallest absolute Gasteiger partial charge is 0.355 e. The summed E-state index contributed by atoms with van der Waals surface area (Å²) in [6.07, 6.45) is 3.95. The molecule has 3 aliphatic heterocycles. The van der Waals surface area contributed by atoms with Crippen molar-refractivity contribution in [2.24, 2.45) is 0 Å². The van der Waals surface area contributed by atoms with Crippen LogP contribution < -0.4 is 20.3 Å². The lowest BCUT2D eigenvalue weighted by Gasteiger charge is -2.30. The third-order valence-electron chi connectivity index (χ3n) is 11.5. The lowest BCUT2D eigenvalue weighted by atomic mass is 9.95. The van der Waals surface area contributed by atoms with E-state index in [0.29, 0.717) is 69.7 Å². The number of piperidine rings is 1. The van der Waals surface area contributed by atoms with Crippen molar-refractivity contribution in [2.75, 3.05) is 56.4 Å². The van der Waals surface area contributed by atoms with E-state index in [-0.39, 0.29) is 55.2 Å². The summed E-state index contributed by atoms with van der Waals surface area (Å²) in [7, 11) is 0. The third-order valence-corrected chi connectivity index (χ3v) is 13.7. The maximum Gasteiger partial charge on any atom is 0.355 e. The number of para-hydroxylation sites is 1. The van der Waals surface area contributed by atoms with Crippen molar-refractivity contribution in [1.82, 2.24) is 35.2 Å². The third kappa shape index (κ3) is 10.5. The van der Waals surface area contributed by atoms with Gasteiger partial charge < -0.3 is 34.3 Å². The van der Waals surface area contributed by atoms with Gasteiger partial charge in [-0.1, -0.05) is 52.9 Å². The zero-order valence-electron chi connectivity index (χ0n) is 36.3. The number of aromatic nitrogens is 5. The molecule has 0 radical (unpaired) electrons. The van der Waals surface area contributed by atoms with E-state index in [1.54, 1.807) is 28.2 Å². The van der Waals surface area contributed by atoms with Crippen LogP contribution in [-0.4, -0.2) is 117 Å². The molecule has 0 aliphatic carbocycles. The van der Waals surface area contributed by atoms with Gasteiger partial charge in [0.15, 0.2) is 16.0 Å². The van der Waals surface area contributed by atoms with E-state index in [1.807, 2.05) is 24.4 Å². The van der Waals surface area contributed by atoms with Crippen LogP contribution in [0.4, 0.5) is 10.3 Å². The highest BCUT2D eigenvalue weighted by Crippen LogP contribution is 2.35. The summed E-state index contributed by atoms with van der Waals surface area (Å²) < 4.78 is 25.6.